The highest BCUT2D eigenvalue weighted by molar-refractivity contribution is 9.10. The zero-order valence-corrected chi connectivity index (χ0v) is 10.3. The molecule has 2 aromatic heterocycles. The Kier molecular flexibility index (Phi) is 2.97. The summed E-state index contributed by atoms with van der Waals surface area (Å²) in [4.78, 5) is 8.21. The molecule has 0 aromatic carbocycles. The van der Waals surface area contributed by atoms with E-state index in [4.69, 9.17) is 10.2 Å². The highest BCUT2D eigenvalue weighted by Crippen LogP contribution is 2.34. The van der Waals surface area contributed by atoms with E-state index in [1.54, 1.807) is 12.4 Å². The lowest BCUT2D eigenvalue weighted by molar-refractivity contribution is 0.454. The zero-order valence-electron chi connectivity index (χ0n) is 7.90. The Labute approximate surface area is 99.4 Å². The molecule has 6 heteroatoms. The molecule has 15 heavy (non-hydrogen) atoms. The van der Waals surface area contributed by atoms with Crippen molar-refractivity contribution in [2.45, 2.75) is 17.2 Å². The summed E-state index contributed by atoms with van der Waals surface area (Å²) in [5, 5.41) is 1.36. The van der Waals surface area contributed by atoms with Crippen molar-refractivity contribution in [2.24, 2.45) is 0 Å². The number of nitrogen functional groups attached to an aromatic ring is 1. The molecule has 0 amide bonds. The minimum absolute atomic E-state index is 0.562. The molecule has 4 nitrogen and oxygen atoms in total. The molecule has 0 unspecified atom stereocenters. The SMILES string of the molecule is Cc1c(N)cnc(Sc2ncco2)c1Br. The minimum Gasteiger partial charge on any atom is -0.440 e. The van der Waals surface area contributed by atoms with Crippen molar-refractivity contribution in [3.05, 3.63) is 28.7 Å². The molecule has 2 aromatic rings. The first-order chi connectivity index (χ1) is 7.18. The topological polar surface area (TPSA) is 64.9 Å². The van der Waals surface area contributed by atoms with E-state index in [1.165, 1.54) is 18.0 Å². The molecule has 0 aliphatic heterocycles. The van der Waals surface area contributed by atoms with Gasteiger partial charge in [-0.15, -0.1) is 0 Å². The van der Waals surface area contributed by atoms with E-state index in [0.29, 0.717) is 10.9 Å². The number of hydrogen-bond acceptors (Lipinski definition) is 5. The predicted octanol–water partition coefficient (Wildman–Crippen LogP) is 2.87. The number of aromatic nitrogens is 2. The maximum Gasteiger partial charge on any atom is 0.261 e. The van der Waals surface area contributed by atoms with Crippen LogP contribution >= 0.6 is 27.7 Å². The monoisotopic (exact) mass is 285 g/mol. The van der Waals surface area contributed by atoms with Gasteiger partial charge in [0, 0.05) is 0 Å². The average molecular weight is 286 g/mol. The third-order valence-corrected chi connectivity index (χ3v) is 3.98. The summed E-state index contributed by atoms with van der Waals surface area (Å²) in [5.41, 5.74) is 7.36. The van der Waals surface area contributed by atoms with Crippen molar-refractivity contribution in [3.63, 3.8) is 0 Å². The first kappa shape index (κ1) is 10.5. The van der Waals surface area contributed by atoms with Gasteiger partial charge < -0.3 is 10.2 Å². The summed E-state index contributed by atoms with van der Waals surface area (Å²) in [7, 11) is 0. The third kappa shape index (κ3) is 2.15. The van der Waals surface area contributed by atoms with Crippen molar-refractivity contribution in [1.29, 1.82) is 0 Å². The Bertz CT molecular complexity index is 472. The predicted molar refractivity (Wildman–Crippen MR) is 61.7 cm³/mol. The highest BCUT2D eigenvalue weighted by Gasteiger charge is 2.10. The molecule has 78 valence electrons. The van der Waals surface area contributed by atoms with E-state index < -0.39 is 0 Å². The van der Waals surface area contributed by atoms with E-state index in [-0.39, 0.29) is 0 Å². The van der Waals surface area contributed by atoms with Crippen LogP contribution in [0, 0.1) is 6.92 Å². The molecule has 0 atom stereocenters. The van der Waals surface area contributed by atoms with Gasteiger partial charge in [-0.25, -0.2) is 9.97 Å². The van der Waals surface area contributed by atoms with E-state index in [9.17, 15) is 0 Å². The fourth-order valence-electron chi connectivity index (χ4n) is 0.983. The Morgan fingerprint density at radius 3 is 2.93 bits per heavy atom. The molecule has 2 heterocycles. The third-order valence-electron chi connectivity index (χ3n) is 1.86. The van der Waals surface area contributed by atoms with Crippen LogP contribution in [-0.4, -0.2) is 9.97 Å². The Morgan fingerprint density at radius 1 is 1.47 bits per heavy atom. The fraction of sp³-hybridized carbons (Fsp3) is 0.111. The first-order valence-electron chi connectivity index (χ1n) is 4.16. The Hall–Kier alpha value is -1.01. The molecule has 0 radical (unpaired) electrons. The van der Waals surface area contributed by atoms with E-state index >= 15 is 0 Å². The number of nitrogens with zero attached hydrogens (tertiary/aromatic N) is 2. The van der Waals surface area contributed by atoms with Crippen molar-refractivity contribution in [3.8, 4) is 0 Å². The summed E-state index contributed by atoms with van der Waals surface area (Å²) in [6.07, 6.45) is 4.76. The molecule has 2 rings (SSSR count). The van der Waals surface area contributed by atoms with Gasteiger partial charge in [0.2, 0.25) is 0 Å². The van der Waals surface area contributed by atoms with Gasteiger partial charge in [-0.1, -0.05) is 0 Å². The summed E-state index contributed by atoms with van der Waals surface area (Å²) < 4.78 is 6.00. The van der Waals surface area contributed by atoms with Crippen LogP contribution in [-0.2, 0) is 0 Å². The second-order valence-electron chi connectivity index (χ2n) is 2.86. The largest absolute Gasteiger partial charge is 0.440 e. The average Bonchev–Trinajstić information content (AvgIpc) is 2.72. The molecule has 0 saturated heterocycles. The quantitative estimate of drug-likeness (QED) is 0.919. The summed E-state index contributed by atoms with van der Waals surface area (Å²) >= 11 is 4.80. The lowest BCUT2D eigenvalue weighted by Crippen LogP contribution is -1.94. The number of oxazole rings is 1. The van der Waals surface area contributed by atoms with Crippen LogP contribution in [0.1, 0.15) is 5.56 Å². The van der Waals surface area contributed by atoms with E-state index in [2.05, 4.69) is 25.9 Å². The molecule has 0 aliphatic carbocycles. The van der Waals surface area contributed by atoms with Gasteiger partial charge >= 0.3 is 0 Å². The van der Waals surface area contributed by atoms with Crippen molar-refractivity contribution in [2.75, 3.05) is 5.73 Å². The van der Waals surface area contributed by atoms with Gasteiger partial charge in [0.1, 0.15) is 11.3 Å². The number of rotatable bonds is 2. The smallest absolute Gasteiger partial charge is 0.261 e. The van der Waals surface area contributed by atoms with Gasteiger partial charge in [0.25, 0.3) is 5.22 Å². The highest BCUT2D eigenvalue weighted by atomic mass is 79.9. The maximum absolute atomic E-state index is 5.72. The molecule has 0 saturated carbocycles. The van der Waals surface area contributed by atoms with Crippen LogP contribution in [0.25, 0.3) is 0 Å². The lowest BCUT2D eigenvalue weighted by Gasteiger charge is -2.05. The lowest BCUT2D eigenvalue weighted by atomic mass is 10.3. The molecular weight excluding hydrogens is 278 g/mol. The van der Waals surface area contributed by atoms with Crippen molar-refractivity contribution in [1.82, 2.24) is 9.97 Å². The summed E-state index contributed by atoms with van der Waals surface area (Å²) in [6.45, 7) is 1.93. The molecule has 0 fully saturated rings. The zero-order chi connectivity index (χ0) is 10.8. The van der Waals surface area contributed by atoms with E-state index in [0.717, 1.165) is 15.1 Å². The van der Waals surface area contributed by atoms with Crippen LogP contribution in [0.5, 0.6) is 0 Å². The fourth-order valence-corrected chi connectivity index (χ4v) is 2.29. The van der Waals surface area contributed by atoms with E-state index in [1.807, 2.05) is 6.92 Å². The van der Waals surface area contributed by atoms with Crippen molar-refractivity contribution < 1.29 is 4.42 Å². The number of hydrogen-bond donors (Lipinski definition) is 1. The van der Waals surface area contributed by atoms with Crippen LogP contribution < -0.4 is 5.73 Å². The number of anilines is 1. The number of pyridine rings is 1. The molecule has 0 aliphatic rings. The van der Waals surface area contributed by atoms with Crippen LogP contribution in [0.15, 0.2) is 37.8 Å². The second kappa shape index (κ2) is 4.24. The van der Waals surface area contributed by atoms with Crippen molar-refractivity contribution >= 4 is 33.4 Å². The standard InChI is InChI=1S/C9H8BrN3OS/c1-5-6(11)4-13-8(7(5)10)15-9-12-2-3-14-9/h2-4H,11H2,1H3. The minimum atomic E-state index is 0.562. The summed E-state index contributed by atoms with van der Waals surface area (Å²) in [5.74, 6) is 0. The van der Waals surface area contributed by atoms with Gasteiger partial charge in [-0.05, 0) is 40.2 Å². The maximum atomic E-state index is 5.72. The molecule has 0 spiro atoms. The van der Waals surface area contributed by atoms with Crippen LogP contribution in [0.3, 0.4) is 0 Å². The normalized spacial score (nSPS) is 10.5. The number of nitrogens with two attached hydrogens (primary N) is 1. The van der Waals surface area contributed by atoms with Gasteiger partial charge in [-0.3, -0.25) is 0 Å². The Morgan fingerprint density at radius 2 is 2.27 bits per heavy atom. The van der Waals surface area contributed by atoms with Crippen LogP contribution in [0.4, 0.5) is 5.69 Å². The second-order valence-corrected chi connectivity index (χ2v) is 4.59. The van der Waals surface area contributed by atoms with Gasteiger partial charge in [-0.2, -0.15) is 0 Å². The molecule has 2 N–H and O–H groups in total. The van der Waals surface area contributed by atoms with Gasteiger partial charge in [0.15, 0.2) is 0 Å². The summed E-state index contributed by atoms with van der Waals surface area (Å²) in [6, 6.07) is 0. The van der Waals surface area contributed by atoms with Crippen LogP contribution in [0.2, 0.25) is 0 Å². The van der Waals surface area contributed by atoms with Gasteiger partial charge in [0.05, 0.1) is 22.6 Å². The molecule has 0 bridgehead atoms. The number of halogens is 1. The molecular formula is C9H8BrN3OS. The first-order valence-corrected chi connectivity index (χ1v) is 5.77. The Balaban J connectivity index is 2.34.